The first kappa shape index (κ1) is 11.2. The van der Waals surface area contributed by atoms with E-state index >= 15 is 0 Å². The van der Waals surface area contributed by atoms with Crippen LogP contribution in [0.1, 0.15) is 0 Å². The van der Waals surface area contributed by atoms with Crippen LogP contribution in [0.5, 0.6) is 0 Å². The van der Waals surface area contributed by atoms with Gasteiger partial charge >= 0.3 is 0 Å². The van der Waals surface area contributed by atoms with Gasteiger partial charge in [-0.25, -0.2) is 4.98 Å². The lowest BCUT2D eigenvalue weighted by atomic mass is 10.1. The van der Waals surface area contributed by atoms with Crippen molar-refractivity contribution in [2.75, 3.05) is 25.1 Å². The van der Waals surface area contributed by atoms with E-state index in [9.17, 15) is 0 Å². The number of pyridine rings is 1. The van der Waals surface area contributed by atoms with E-state index in [0.717, 1.165) is 16.6 Å². The molecular formula is C12H13ClN2O. The summed E-state index contributed by atoms with van der Waals surface area (Å²) in [6, 6.07) is 9.77. The molecule has 1 N–H and O–H groups in total. The second-order valence-electron chi connectivity index (χ2n) is 3.63. The molecular weight excluding hydrogens is 224 g/mol. The highest BCUT2D eigenvalue weighted by atomic mass is 35.5. The predicted octanol–water partition coefficient (Wildman–Crippen LogP) is 2.32. The molecule has 3 nitrogen and oxygen atoms in total. The zero-order valence-corrected chi connectivity index (χ0v) is 9.78. The van der Waals surface area contributed by atoms with Gasteiger partial charge in [-0.3, -0.25) is 0 Å². The van der Waals surface area contributed by atoms with Crippen LogP contribution < -0.4 is 4.90 Å². The monoisotopic (exact) mass is 236 g/mol. The van der Waals surface area contributed by atoms with Gasteiger partial charge in [-0.15, -0.1) is 0 Å². The number of hydrogen-bond acceptors (Lipinski definition) is 3. The number of hydrogen-bond donors (Lipinski definition) is 1. The minimum absolute atomic E-state index is 0.0963. The number of nitrogens with zero attached hydrogens (tertiary/aromatic N) is 2. The van der Waals surface area contributed by atoms with Crippen molar-refractivity contribution < 1.29 is 5.11 Å². The Kier molecular flexibility index (Phi) is 3.27. The molecule has 84 valence electrons. The summed E-state index contributed by atoms with van der Waals surface area (Å²) < 4.78 is 0. The summed E-state index contributed by atoms with van der Waals surface area (Å²) in [5.41, 5.74) is 0. The number of benzene rings is 1. The Morgan fingerprint density at radius 3 is 2.88 bits per heavy atom. The highest BCUT2D eigenvalue weighted by Gasteiger charge is 2.08. The third-order valence-electron chi connectivity index (χ3n) is 2.49. The van der Waals surface area contributed by atoms with Crippen molar-refractivity contribution in [3.05, 3.63) is 35.5 Å². The minimum atomic E-state index is 0.0963. The number of fused-ring (bicyclic) bond motifs is 1. The highest BCUT2D eigenvalue weighted by molar-refractivity contribution is 6.30. The van der Waals surface area contributed by atoms with Crippen LogP contribution in [0.3, 0.4) is 0 Å². The maximum atomic E-state index is 8.94. The van der Waals surface area contributed by atoms with Crippen LogP contribution >= 0.6 is 11.6 Å². The molecule has 0 amide bonds. The first-order valence-corrected chi connectivity index (χ1v) is 5.47. The Balaban J connectivity index is 2.58. The van der Waals surface area contributed by atoms with Gasteiger partial charge in [-0.1, -0.05) is 35.9 Å². The molecule has 2 rings (SSSR count). The molecule has 0 saturated heterocycles. The Morgan fingerprint density at radius 2 is 2.12 bits per heavy atom. The van der Waals surface area contributed by atoms with E-state index in [-0.39, 0.29) is 6.61 Å². The van der Waals surface area contributed by atoms with Gasteiger partial charge in [0.05, 0.1) is 6.61 Å². The van der Waals surface area contributed by atoms with Crippen LogP contribution in [-0.2, 0) is 0 Å². The largest absolute Gasteiger partial charge is 0.395 e. The number of halogens is 1. The summed E-state index contributed by atoms with van der Waals surface area (Å²) in [4.78, 5) is 6.20. The molecule has 0 atom stereocenters. The number of rotatable bonds is 3. The third-order valence-corrected chi connectivity index (χ3v) is 2.68. The molecule has 0 aliphatic heterocycles. The van der Waals surface area contributed by atoms with Gasteiger partial charge in [0.15, 0.2) is 0 Å². The highest BCUT2D eigenvalue weighted by Crippen LogP contribution is 2.26. The van der Waals surface area contributed by atoms with Crippen molar-refractivity contribution in [3.63, 3.8) is 0 Å². The second-order valence-corrected chi connectivity index (χ2v) is 4.02. The molecule has 0 aliphatic carbocycles. The quantitative estimate of drug-likeness (QED) is 0.831. The number of likely N-dealkylation sites (N-methyl/N-ethyl adjacent to an activating group) is 1. The summed E-state index contributed by atoms with van der Waals surface area (Å²) in [6.07, 6.45) is 0. The van der Waals surface area contributed by atoms with E-state index in [1.807, 2.05) is 42.3 Å². The van der Waals surface area contributed by atoms with Gasteiger partial charge in [0, 0.05) is 19.0 Å². The van der Waals surface area contributed by atoms with E-state index in [2.05, 4.69) is 4.98 Å². The fraction of sp³-hybridized carbons (Fsp3) is 0.250. The Bertz CT molecular complexity index is 501. The maximum absolute atomic E-state index is 8.94. The summed E-state index contributed by atoms with van der Waals surface area (Å²) in [5.74, 6) is 0.803. The molecule has 0 radical (unpaired) electrons. The van der Waals surface area contributed by atoms with Gasteiger partial charge in [0.1, 0.15) is 11.0 Å². The van der Waals surface area contributed by atoms with Gasteiger partial charge in [-0.2, -0.15) is 0 Å². The summed E-state index contributed by atoms with van der Waals surface area (Å²) >= 11 is 5.97. The fourth-order valence-electron chi connectivity index (χ4n) is 1.70. The van der Waals surface area contributed by atoms with E-state index in [1.165, 1.54) is 0 Å². The molecule has 0 saturated carbocycles. The molecule has 1 aromatic carbocycles. The van der Waals surface area contributed by atoms with Gasteiger partial charge in [-0.05, 0) is 11.5 Å². The second kappa shape index (κ2) is 4.68. The lowest BCUT2D eigenvalue weighted by Gasteiger charge is -2.18. The number of anilines is 1. The van der Waals surface area contributed by atoms with Crippen molar-refractivity contribution in [3.8, 4) is 0 Å². The van der Waals surface area contributed by atoms with Crippen LogP contribution in [0.4, 0.5) is 5.82 Å². The van der Waals surface area contributed by atoms with Crippen LogP contribution in [0.2, 0.25) is 5.15 Å². The first-order chi connectivity index (χ1) is 7.72. The molecule has 1 aromatic heterocycles. The first-order valence-electron chi connectivity index (χ1n) is 5.09. The summed E-state index contributed by atoms with van der Waals surface area (Å²) in [5, 5.41) is 11.5. The topological polar surface area (TPSA) is 36.4 Å². The molecule has 4 heteroatoms. The van der Waals surface area contributed by atoms with Crippen molar-refractivity contribution in [1.29, 1.82) is 0 Å². The van der Waals surface area contributed by atoms with Crippen LogP contribution in [0.15, 0.2) is 30.3 Å². The van der Waals surface area contributed by atoms with E-state index in [4.69, 9.17) is 16.7 Å². The SMILES string of the molecule is CN(CCO)c1nc(Cl)cc2ccccc12. The van der Waals surface area contributed by atoms with E-state index < -0.39 is 0 Å². The zero-order valence-electron chi connectivity index (χ0n) is 9.02. The lowest BCUT2D eigenvalue weighted by Crippen LogP contribution is -2.22. The average Bonchev–Trinajstić information content (AvgIpc) is 2.28. The Morgan fingerprint density at radius 1 is 1.38 bits per heavy atom. The van der Waals surface area contributed by atoms with Gasteiger partial charge in [0.2, 0.25) is 0 Å². The molecule has 1 heterocycles. The van der Waals surface area contributed by atoms with Crippen molar-refractivity contribution in [2.45, 2.75) is 0 Å². The van der Waals surface area contributed by atoms with E-state index in [0.29, 0.717) is 11.7 Å². The Hall–Kier alpha value is -1.32. The van der Waals surface area contributed by atoms with Crippen molar-refractivity contribution >= 4 is 28.2 Å². The van der Waals surface area contributed by atoms with Gasteiger partial charge < -0.3 is 10.0 Å². The zero-order chi connectivity index (χ0) is 11.5. The van der Waals surface area contributed by atoms with Crippen molar-refractivity contribution in [1.82, 2.24) is 4.98 Å². The summed E-state index contributed by atoms with van der Waals surface area (Å²) in [7, 11) is 1.89. The average molecular weight is 237 g/mol. The molecule has 0 aliphatic rings. The Labute approximate surface area is 99.3 Å². The summed E-state index contributed by atoms with van der Waals surface area (Å²) in [6.45, 7) is 0.635. The molecule has 0 unspecified atom stereocenters. The van der Waals surface area contributed by atoms with Crippen LogP contribution in [0.25, 0.3) is 10.8 Å². The smallest absolute Gasteiger partial charge is 0.138 e. The van der Waals surface area contributed by atoms with Crippen molar-refractivity contribution in [2.24, 2.45) is 0 Å². The number of aliphatic hydroxyl groups is 1. The third kappa shape index (κ3) is 2.10. The fourth-order valence-corrected chi connectivity index (χ4v) is 1.89. The predicted molar refractivity (Wildman–Crippen MR) is 67.1 cm³/mol. The molecule has 2 aromatic rings. The molecule has 0 fully saturated rings. The molecule has 0 bridgehead atoms. The number of aromatic nitrogens is 1. The normalized spacial score (nSPS) is 10.7. The van der Waals surface area contributed by atoms with Gasteiger partial charge in [0.25, 0.3) is 0 Å². The minimum Gasteiger partial charge on any atom is -0.395 e. The lowest BCUT2D eigenvalue weighted by molar-refractivity contribution is 0.304. The maximum Gasteiger partial charge on any atom is 0.138 e. The molecule has 16 heavy (non-hydrogen) atoms. The molecule has 0 spiro atoms. The van der Waals surface area contributed by atoms with Crippen LogP contribution in [0, 0.1) is 0 Å². The van der Waals surface area contributed by atoms with Crippen LogP contribution in [-0.4, -0.2) is 30.3 Å². The standard InChI is InChI=1S/C12H13ClN2O/c1-15(6-7-16)12-10-5-3-2-4-9(10)8-11(13)14-12/h2-5,8,16H,6-7H2,1H3. The van der Waals surface area contributed by atoms with E-state index in [1.54, 1.807) is 0 Å². The number of aliphatic hydroxyl groups excluding tert-OH is 1.